The van der Waals surface area contributed by atoms with Gasteiger partial charge in [0.1, 0.15) is 0 Å². The molecular weight excluding hydrogens is 146 g/mol. The Morgan fingerprint density at radius 1 is 1.25 bits per heavy atom. The first-order valence-corrected chi connectivity index (χ1v) is 4.46. The fraction of sp³-hybridized carbons (Fsp3) is 0.364. The van der Waals surface area contributed by atoms with Crippen LogP contribution in [0, 0.1) is 6.54 Å². The van der Waals surface area contributed by atoms with Crippen molar-refractivity contribution in [3.63, 3.8) is 0 Å². The van der Waals surface area contributed by atoms with Gasteiger partial charge in [0.25, 0.3) is 0 Å². The van der Waals surface area contributed by atoms with Gasteiger partial charge in [0, 0.05) is 13.1 Å². The Morgan fingerprint density at radius 3 is 2.50 bits per heavy atom. The van der Waals surface area contributed by atoms with Gasteiger partial charge in [0.05, 0.1) is 0 Å². The average Bonchev–Trinajstić information content (AvgIpc) is 2.15. The number of hydrogen-bond acceptors (Lipinski definition) is 1. The minimum atomic E-state index is 0.945. The molecule has 1 heteroatoms. The van der Waals surface area contributed by atoms with Gasteiger partial charge in [-0.1, -0.05) is 31.2 Å². The second-order valence-electron chi connectivity index (χ2n) is 2.79. The van der Waals surface area contributed by atoms with Crippen LogP contribution in [0.25, 0.3) is 0 Å². The van der Waals surface area contributed by atoms with E-state index in [4.69, 9.17) is 0 Å². The zero-order valence-electron chi connectivity index (χ0n) is 7.80. The molecule has 0 atom stereocenters. The summed E-state index contributed by atoms with van der Waals surface area (Å²) in [5.41, 5.74) is 2.84. The highest BCUT2D eigenvalue weighted by atomic mass is 14.8. The Kier molecular flexibility index (Phi) is 3.81. The average molecular weight is 162 g/mol. The topological polar surface area (TPSA) is 12.0 Å². The summed E-state index contributed by atoms with van der Waals surface area (Å²) in [6, 6.07) is 8.55. The molecule has 0 bridgehead atoms. The van der Waals surface area contributed by atoms with Crippen molar-refractivity contribution in [2.75, 3.05) is 0 Å². The van der Waals surface area contributed by atoms with Gasteiger partial charge < -0.3 is 5.32 Å². The molecular formula is C11H16N. The molecule has 0 saturated heterocycles. The van der Waals surface area contributed by atoms with Crippen molar-refractivity contribution in [3.05, 3.63) is 41.9 Å². The molecule has 0 spiro atoms. The van der Waals surface area contributed by atoms with Crippen LogP contribution in [0.1, 0.15) is 25.0 Å². The van der Waals surface area contributed by atoms with Crippen molar-refractivity contribution in [1.82, 2.24) is 5.32 Å². The highest BCUT2D eigenvalue weighted by Gasteiger charge is 1.96. The van der Waals surface area contributed by atoms with E-state index in [1.165, 1.54) is 11.1 Å². The van der Waals surface area contributed by atoms with Gasteiger partial charge in [-0.2, -0.15) is 0 Å². The van der Waals surface area contributed by atoms with Crippen molar-refractivity contribution in [3.8, 4) is 0 Å². The van der Waals surface area contributed by atoms with Crippen LogP contribution in [0.2, 0.25) is 0 Å². The quantitative estimate of drug-likeness (QED) is 0.717. The highest BCUT2D eigenvalue weighted by molar-refractivity contribution is 5.26. The Bertz CT molecular complexity index is 230. The molecule has 1 N–H and O–H groups in total. The van der Waals surface area contributed by atoms with Gasteiger partial charge in [-0.05, 0) is 24.5 Å². The lowest BCUT2D eigenvalue weighted by Gasteiger charge is -2.06. The van der Waals surface area contributed by atoms with E-state index in [1.54, 1.807) is 0 Å². The summed E-state index contributed by atoms with van der Waals surface area (Å²) in [6.45, 7) is 7.12. The minimum Gasteiger partial charge on any atom is -0.309 e. The highest BCUT2D eigenvalue weighted by Crippen LogP contribution is 2.08. The van der Waals surface area contributed by atoms with Crippen LogP contribution in [-0.2, 0) is 13.0 Å². The van der Waals surface area contributed by atoms with Crippen molar-refractivity contribution in [1.29, 1.82) is 0 Å². The van der Waals surface area contributed by atoms with Crippen molar-refractivity contribution in [2.45, 2.75) is 26.8 Å². The summed E-state index contributed by atoms with van der Waals surface area (Å²) in [6.07, 6.45) is 1.11. The van der Waals surface area contributed by atoms with E-state index in [-0.39, 0.29) is 0 Å². The normalized spacial score (nSPS) is 10.2. The molecule has 1 aromatic carbocycles. The number of nitrogens with one attached hydrogen (secondary N) is 1. The van der Waals surface area contributed by atoms with Crippen LogP contribution in [0.3, 0.4) is 0 Å². The molecule has 0 aliphatic heterocycles. The molecule has 12 heavy (non-hydrogen) atoms. The van der Waals surface area contributed by atoms with E-state index in [1.807, 2.05) is 13.5 Å². The summed E-state index contributed by atoms with van der Waals surface area (Å²) in [7, 11) is 0. The van der Waals surface area contributed by atoms with E-state index in [2.05, 4.69) is 36.5 Å². The van der Waals surface area contributed by atoms with Gasteiger partial charge in [-0.25, -0.2) is 0 Å². The first-order chi connectivity index (χ1) is 5.88. The van der Waals surface area contributed by atoms with Crippen LogP contribution in [0.4, 0.5) is 0 Å². The van der Waals surface area contributed by atoms with Gasteiger partial charge in [-0.15, -0.1) is 0 Å². The Balaban J connectivity index is 2.68. The van der Waals surface area contributed by atoms with Gasteiger partial charge in [-0.3, -0.25) is 0 Å². The maximum atomic E-state index is 3.21. The van der Waals surface area contributed by atoms with E-state index in [0.29, 0.717) is 0 Å². The Labute approximate surface area is 74.8 Å². The van der Waals surface area contributed by atoms with Crippen molar-refractivity contribution < 1.29 is 0 Å². The number of benzene rings is 1. The summed E-state index contributed by atoms with van der Waals surface area (Å²) in [5, 5.41) is 3.21. The molecule has 1 rings (SSSR count). The molecule has 1 nitrogen and oxygen atoms in total. The maximum absolute atomic E-state index is 3.21. The molecule has 65 valence electrons. The molecule has 0 amide bonds. The van der Waals surface area contributed by atoms with Crippen LogP contribution in [0.5, 0.6) is 0 Å². The zero-order valence-corrected chi connectivity index (χ0v) is 7.80. The molecule has 0 heterocycles. The van der Waals surface area contributed by atoms with Crippen LogP contribution in [0.15, 0.2) is 24.3 Å². The van der Waals surface area contributed by atoms with E-state index < -0.39 is 0 Å². The van der Waals surface area contributed by atoms with Crippen molar-refractivity contribution in [2.24, 2.45) is 0 Å². The lowest BCUT2D eigenvalue weighted by molar-refractivity contribution is 0.794. The molecule has 0 saturated carbocycles. The molecule has 0 aliphatic rings. The SMILES string of the molecule is C[CH]NCc1ccccc1CC. The largest absolute Gasteiger partial charge is 0.309 e. The van der Waals surface area contributed by atoms with Crippen LogP contribution < -0.4 is 5.32 Å². The molecule has 1 aromatic rings. The fourth-order valence-corrected chi connectivity index (χ4v) is 1.29. The first kappa shape index (κ1) is 9.27. The van der Waals surface area contributed by atoms with E-state index >= 15 is 0 Å². The number of rotatable bonds is 4. The molecule has 0 unspecified atom stereocenters. The number of hydrogen-bond donors (Lipinski definition) is 1. The molecule has 0 fully saturated rings. The standard InChI is InChI=1S/C11H16N/c1-3-10-7-5-6-8-11(10)9-12-4-2/h4-8,12H,3,9H2,1-2H3. The third-order valence-electron chi connectivity index (χ3n) is 2.00. The zero-order chi connectivity index (χ0) is 8.81. The smallest absolute Gasteiger partial charge is 0.0211 e. The summed E-state index contributed by atoms with van der Waals surface area (Å²) < 4.78 is 0. The van der Waals surface area contributed by atoms with Crippen LogP contribution in [-0.4, -0.2) is 0 Å². The summed E-state index contributed by atoms with van der Waals surface area (Å²) in [5.74, 6) is 0. The second kappa shape index (κ2) is 4.94. The summed E-state index contributed by atoms with van der Waals surface area (Å²) >= 11 is 0. The van der Waals surface area contributed by atoms with E-state index in [9.17, 15) is 0 Å². The third kappa shape index (κ3) is 2.35. The number of aryl methyl sites for hydroxylation is 1. The predicted molar refractivity (Wildman–Crippen MR) is 52.6 cm³/mol. The van der Waals surface area contributed by atoms with Crippen LogP contribution >= 0.6 is 0 Å². The summed E-state index contributed by atoms with van der Waals surface area (Å²) in [4.78, 5) is 0. The van der Waals surface area contributed by atoms with Gasteiger partial charge in [0.2, 0.25) is 0 Å². The predicted octanol–water partition coefficient (Wildman–Crippen LogP) is 2.52. The van der Waals surface area contributed by atoms with E-state index in [0.717, 1.165) is 13.0 Å². The lowest BCUT2D eigenvalue weighted by atomic mass is 10.1. The monoisotopic (exact) mass is 162 g/mol. The molecule has 1 radical (unpaired) electrons. The minimum absolute atomic E-state index is 0.945. The second-order valence-corrected chi connectivity index (χ2v) is 2.79. The van der Waals surface area contributed by atoms with Gasteiger partial charge in [0.15, 0.2) is 0 Å². The lowest BCUT2D eigenvalue weighted by Crippen LogP contribution is -2.08. The Morgan fingerprint density at radius 2 is 1.92 bits per heavy atom. The third-order valence-corrected chi connectivity index (χ3v) is 2.00. The molecule has 0 aromatic heterocycles. The maximum Gasteiger partial charge on any atom is 0.0211 e. The van der Waals surface area contributed by atoms with Gasteiger partial charge >= 0.3 is 0 Å². The fourth-order valence-electron chi connectivity index (χ4n) is 1.29. The first-order valence-electron chi connectivity index (χ1n) is 4.46. The molecule has 0 aliphatic carbocycles. The van der Waals surface area contributed by atoms with Crippen molar-refractivity contribution >= 4 is 0 Å². The Hall–Kier alpha value is -0.820.